The lowest BCUT2D eigenvalue weighted by Crippen LogP contribution is -2.38. The Balaban J connectivity index is 1.43. The molecule has 6 heteroatoms. The van der Waals surface area contributed by atoms with Crippen molar-refractivity contribution in [2.75, 3.05) is 18.4 Å². The Morgan fingerprint density at radius 1 is 1.10 bits per heavy atom. The van der Waals surface area contributed by atoms with Gasteiger partial charge in [-0.05, 0) is 48.1 Å². The summed E-state index contributed by atoms with van der Waals surface area (Å²) < 4.78 is 13.2. The number of anilines is 1. The van der Waals surface area contributed by atoms with E-state index in [0.29, 0.717) is 42.0 Å². The minimum atomic E-state index is -0.225. The molecule has 154 valence electrons. The Labute approximate surface area is 180 Å². The minimum absolute atomic E-state index is 0.0488. The number of aromatic nitrogens is 1. The lowest BCUT2D eigenvalue weighted by molar-refractivity contribution is 0.0713. The third-order valence-corrected chi connectivity index (χ3v) is 5.76. The second-order valence-corrected chi connectivity index (χ2v) is 7.90. The van der Waals surface area contributed by atoms with Gasteiger partial charge < -0.3 is 10.2 Å². The first-order valence-electron chi connectivity index (χ1n) is 10.1. The van der Waals surface area contributed by atoms with Crippen molar-refractivity contribution >= 4 is 23.2 Å². The number of pyridine rings is 1. The molecule has 2 aromatic carbocycles. The summed E-state index contributed by atoms with van der Waals surface area (Å²) in [5, 5.41) is 3.67. The van der Waals surface area contributed by atoms with E-state index < -0.39 is 0 Å². The van der Waals surface area contributed by atoms with E-state index in [1.807, 2.05) is 47.4 Å². The van der Waals surface area contributed by atoms with Crippen LogP contribution < -0.4 is 5.32 Å². The van der Waals surface area contributed by atoms with Crippen LogP contribution in [-0.2, 0) is 6.54 Å². The van der Waals surface area contributed by atoms with Crippen molar-refractivity contribution in [3.63, 3.8) is 0 Å². The average Bonchev–Trinajstić information content (AvgIpc) is 2.79. The van der Waals surface area contributed by atoms with Gasteiger partial charge in [-0.2, -0.15) is 0 Å². The van der Waals surface area contributed by atoms with Gasteiger partial charge in [0.05, 0.1) is 11.3 Å². The van der Waals surface area contributed by atoms with Gasteiger partial charge in [0.1, 0.15) is 11.0 Å². The molecule has 0 spiro atoms. The Bertz CT molecular complexity index is 1000. The highest BCUT2D eigenvalue weighted by Gasteiger charge is 2.26. The van der Waals surface area contributed by atoms with E-state index >= 15 is 0 Å². The van der Waals surface area contributed by atoms with Gasteiger partial charge in [0.15, 0.2) is 0 Å². The molecule has 1 aromatic heterocycles. The molecule has 4 nitrogen and oxygen atoms in total. The second-order valence-electron chi connectivity index (χ2n) is 7.51. The van der Waals surface area contributed by atoms with Crippen LogP contribution in [0, 0.1) is 5.82 Å². The van der Waals surface area contributed by atoms with Crippen molar-refractivity contribution in [3.05, 3.63) is 94.5 Å². The molecule has 0 bridgehead atoms. The summed E-state index contributed by atoms with van der Waals surface area (Å²) in [6, 6.07) is 18.4. The van der Waals surface area contributed by atoms with Crippen LogP contribution in [0.3, 0.4) is 0 Å². The molecule has 1 N–H and O–H groups in total. The number of hydrogen-bond acceptors (Lipinski definition) is 3. The summed E-state index contributed by atoms with van der Waals surface area (Å²) in [7, 11) is 0. The molecule has 1 aliphatic heterocycles. The molecule has 0 unspecified atom stereocenters. The quantitative estimate of drug-likeness (QED) is 0.550. The summed E-state index contributed by atoms with van der Waals surface area (Å²) in [4.78, 5) is 19.2. The van der Waals surface area contributed by atoms with Gasteiger partial charge in [0, 0.05) is 25.8 Å². The Hall–Kier alpha value is -2.92. The number of carbonyl (C=O) groups excluding carboxylic acids is 1. The number of rotatable bonds is 5. The normalized spacial score (nSPS) is 14.5. The number of nitrogens with zero attached hydrogens (tertiary/aromatic N) is 2. The zero-order valence-electron chi connectivity index (χ0n) is 16.5. The number of hydrogen-bond donors (Lipinski definition) is 1. The first-order valence-corrected chi connectivity index (χ1v) is 10.5. The summed E-state index contributed by atoms with van der Waals surface area (Å²) in [6.45, 7) is 1.90. The number of piperidine rings is 1. The Kier molecular flexibility index (Phi) is 6.29. The van der Waals surface area contributed by atoms with E-state index in [4.69, 9.17) is 11.6 Å². The van der Waals surface area contributed by atoms with Crippen molar-refractivity contribution in [3.8, 4) is 0 Å². The van der Waals surface area contributed by atoms with Crippen LogP contribution in [0.25, 0.3) is 0 Å². The molecular formula is C24H23ClFN3O. The standard InChI is InChI=1S/C24H23ClFN3O/c25-23-14-22(27-15-17-4-2-1-3-5-17)21(16-28-23)24(30)29-12-10-19(11-13-29)18-6-8-20(26)9-7-18/h1-9,14,16,19H,10-13,15H2,(H,27,28). The van der Waals surface area contributed by atoms with E-state index in [1.54, 1.807) is 12.3 Å². The van der Waals surface area contributed by atoms with Gasteiger partial charge in [-0.3, -0.25) is 4.79 Å². The highest BCUT2D eigenvalue weighted by atomic mass is 35.5. The number of likely N-dealkylation sites (tertiary alicyclic amines) is 1. The third kappa shape index (κ3) is 4.79. The number of amides is 1. The van der Waals surface area contributed by atoms with Gasteiger partial charge in [-0.1, -0.05) is 54.1 Å². The molecule has 0 radical (unpaired) electrons. The lowest BCUT2D eigenvalue weighted by Gasteiger charge is -2.32. The maximum Gasteiger partial charge on any atom is 0.257 e. The van der Waals surface area contributed by atoms with Crippen molar-refractivity contribution in [2.45, 2.75) is 25.3 Å². The molecule has 1 aliphatic rings. The average molecular weight is 424 g/mol. The predicted octanol–water partition coefficient (Wildman–Crippen LogP) is 5.51. The lowest BCUT2D eigenvalue weighted by atomic mass is 9.89. The smallest absolute Gasteiger partial charge is 0.257 e. The highest BCUT2D eigenvalue weighted by Crippen LogP contribution is 2.30. The van der Waals surface area contributed by atoms with Gasteiger partial charge in [0.2, 0.25) is 0 Å². The summed E-state index contributed by atoms with van der Waals surface area (Å²) in [6.07, 6.45) is 3.25. The van der Waals surface area contributed by atoms with Crippen molar-refractivity contribution in [1.82, 2.24) is 9.88 Å². The SMILES string of the molecule is O=C(c1cnc(Cl)cc1NCc1ccccc1)N1CCC(c2ccc(F)cc2)CC1. The summed E-state index contributed by atoms with van der Waals surface area (Å²) in [5.74, 6) is 0.0677. The molecule has 1 amide bonds. The molecule has 30 heavy (non-hydrogen) atoms. The molecule has 1 saturated heterocycles. The summed E-state index contributed by atoms with van der Waals surface area (Å²) in [5.41, 5.74) is 3.45. The van der Waals surface area contributed by atoms with Crippen LogP contribution in [0.1, 0.15) is 40.2 Å². The highest BCUT2D eigenvalue weighted by molar-refractivity contribution is 6.29. The molecule has 4 rings (SSSR count). The molecule has 0 saturated carbocycles. The van der Waals surface area contributed by atoms with Gasteiger partial charge in [-0.25, -0.2) is 9.37 Å². The minimum Gasteiger partial charge on any atom is -0.380 e. The molecule has 1 fully saturated rings. The van der Waals surface area contributed by atoms with Crippen LogP contribution >= 0.6 is 11.6 Å². The van der Waals surface area contributed by atoms with Crippen molar-refractivity contribution in [2.24, 2.45) is 0 Å². The monoisotopic (exact) mass is 423 g/mol. The largest absolute Gasteiger partial charge is 0.380 e. The molecule has 0 aliphatic carbocycles. The number of carbonyl (C=O) groups is 1. The third-order valence-electron chi connectivity index (χ3n) is 5.55. The Morgan fingerprint density at radius 3 is 2.50 bits per heavy atom. The first kappa shape index (κ1) is 20.4. The molecular weight excluding hydrogens is 401 g/mol. The topological polar surface area (TPSA) is 45.2 Å². The van der Waals surface area contributed by atoms with Crippen LogP contribution in [0.5, 0.6) is 0 Å². The Morgan fingerprint density at radius 2 is 1.80 bits per heavy atom. The van der Waals surface area contributed by atoms with Crippen molar-refractivity contribution < 1.29 is 9.18 Å². The van der Waals surface area contributed by atoms with Gasteiger partial charge in [0.25, 0.3) is 5.91 Å². The van der Waals surface area contributed by atoms with E-state index in [1.165, 1.54) is 12.1 Å². The predicted molar refractivity (Wildman–Crippen MR) is 117 cm³/mol. The van der Waals surface area contributed by atoms with Crippen LogP contribution in [0.15, 0.2) is 66.9 Å². The van der Waals surface area contributed by atoms with Gasteiger partial charge in [-0.15, -0.1) is 0 Å². The van der Waals surface area contributed by atoms with Gasteiger partial charge >= 0.3 is 0 Å². The van der Waals surface area contributed by atoms with E-state index in [-0.39, 0.29) is 11.7 Å². The fourth-order valence-electron chi connectivity index (χ4n) is 3.86. The zero-order valence-corrected chi connectivity index (χ0v) is 17.3. The van der Waals surface area contributed by atoms with E-state index in [2.05, 4.69) is 10.3 Å². The second kappa shape index (κ2) is 9.26. The fourth-order valence-corrected chi connectivity index (χ4v) is 4.02. The molecule has 0 atom stereocenters. The van der Waals surface area contributed by atoms with Crippen LogP contribution in [0.4, 0.5) is 10.1 Å². The molecule has 3 aromatic rings. The zero-order chi connectivity index (χ0) is 20.9. The van der Waals surface area contributed by atoms with Crippen LogP contribution in [-0.4, -0.2) is 28.9 Å². The number of benzene rings is 2. The van der Waals surface area contributed by atoms with Crippen molar-refractivity contribution in [1.29, 1.82) is 0 Å². The van der Waals surface area contributed by atoms with E-state index in [9.17, 15) is 9.18 Å². The maximum absolute atomic E-state index is 13.2. The molecule has 2 heterocycles. The van der Waals surface area contributed by atoms with Crippen LogP contribution in [0.2, 0.25) is 5.15 Å². The fraction of sp³-hybridized carbons (Fsp3) is 0.250. The number of nitrogens with one attached hydrogen (secondary N) is 1. The van der Waals surface area contributed by atoms with E-state index in [0.717, 1.165) is 24.0 Å². The first-order chi connectivity index (χ1) is 14.6. The summed E-state index contributed by atoms with van der Waals surface area (Å²) >= 11 is 6.08. The number of halogens is 2. The maximum atomic E-state index is 13.2.